The minimum atomic E-state index is 0.594. The van der Waals surface area contributed by atoms with E-state index in [2.05, 4.69) is 44.4 Å². The Morgan fingerprint density at radius 2 is 1.95 bits per heavy atom. The van der Waals surface area contributed by atoms with Gasteiger partial charge in [-0.05, 0) is 37.2 Å². The van der Waals surface area contributed by atoms with Gasteiger partial charge in [-0.1, -0.05) is 30.3 Å². The molecule has 1 spiro atoms. The predicted molar refractivity (Wildman–Crippen MR) is 85.0 cm³/mol. The lowest BCUT2D eigenvalue weighted by Crippen LogP contribution is -2.44. The van der Waals surface area contributed by atoms with Crippen LogP contribution in [0.1, 0.15) is 24.8 Å². The van der Waals surface area contributed by atoms with Crippen LogP contribution in [0.4, 0.5) is 0 Å². The predicted octanol–water partition coefficient (Wildman–Crippen LogP) is 3.12. The largest absolute Gasteiger partial charge is 0.381 e. The summed E-state index contributed by atoms with van der Waals surface area (Å²) in [5.74, 6) is 1.80. The maximum atomic E-state index is 5.69. The minimum absolute atomic E-state index is 0.594. The lowest BCUT2D eigenvalue weighted by molar-refractivity contribution is -0.904. The first-order valence-electron chi connectivity index (χ1n) is 8.50. The molecule has 1 aromatic carbocycles. The van der Waals surface area contributed by atoms with Crippen molar-refractivity contribution < 1.29 is 9.22 Å². The first kappa shape index (κ1) is 13.8. The average Bonchev–Trinajstić information content (AvgIpc) is 3.31. The standard InChI is InChI=1S/C19H28NO/c1-20(2,12-8-7-11-14-9-5-4-6-10-14)18-16-17(21-3)15-13-19(15,16)18/h4-6,9-10,15-18H,7-8,11-13H2,1-3H3/q+1. The van der Waals surface area contributed by atoms with E-state index in [0.717, 1.165) is 23.3 Å². The minimum Gasteiger partial charge on any atom is -0.381 e. The van der Waals surface area contributed by atoms with Gasteiger partial charge in [0.05, 0.1) is 26.7 Å². The van der Waals surface area contributed by atoms with Gasteiger partial charge in [0.25, 0.3) is 0 Å². The summed E-state index contributed by atoms with van der Waals surface area (Å²) in [5, 5.41) is 0. The smallest absolute Gasteiger partial charge is 0.101 e. The second kappa shape index (κ2) is 4.57. The van der Waals surface area contributed by atoms with Crippen molar-refractivity contribution in [2.75, 3.05) is 27.7 Å². The number of ether oxygens (including phenoxy) is 1. The fourth-order valence-electron chi connectivity index (χ4n) is 5.58. The van der Waals surface area contributed by atoms with Crippen LogP contribution in [-0.4, -0.2) is 44.4 Å². The molecule has 0 aliphatic heterocycles. The van der Waals surface area contributed by atoms with Crippen molar-refractivity contribution in [1.29, 1.82) is 0 Å². The van der Waals surface area contributed by atoms with Crippen molar-refractivity contribution in [1.82, 2.24) is 0 Å². The van der Waals surface area contributed by atoms with Gasteiger partial charge in [-0.15, -0.1) is 0 Å². The number of hydrogen-bond donors (Lipinski definition) is 0. The summed E-state index contributed by atoms with van der Waals surface area (Å²) >= 11 is 0. The number of methoxy groups -OCH3 is 1. The number of nitrogens with zero attached hydrogens (tertiary/aromatic N) is 1. The number of hydrogen-bond acceptors (Lipinski definition) is 1. The molecular formula is C19H28NO+. The van der Waals surface area contributed by atoms with Crippen molar-refractivity contribution in [2.45, 2.75) is 37.8 Å². The third kappa shape index (κ3) is 1.92. The van der Waals surface area contributed by atoms with E-state index in [4.69, 9.17) is 4.74 Å². The van der Waals surface area contributed by atoms with Crippen LogP contribution in [-0.2, 0) is 11.2 Å². The van der Waals surface area contributed by atoms with Gasteiger partial charge >= 0.3 is 0 Å². The molecule has 0 radical (unpaired) electrons. The first-order chi connectivity index (χ1) is 10.1. The molecule has 4 rings (SSSR count). The van der Waals surface area contributed by atoms with Crippen molar-refractivity contribution >= 4 is 0 Å². The normalized spacial score (nSPS) is 39.2. The van der Waals surface area contributed by atoms with E-state index >= 15 is 0 Å². The number of benzene rings is 1. The molecule has 3 fully saturated rings. The Kier molecular flexibility index (Phi) is 3.00. The Hall–Kier alpha value is -0.860. The van der Waals surface area contributed by atoms with E-state index < -0.39 is 0 Å². The van der Waals surface area contributed by atoms with Gasteiger partial charge in [0, 0.05) is 18.4 Å². The van der Waals surface area contributed by atoms with E-state index in [0.29, 0.717) is 6.10 Å². The molecule has 0 heterocycles. The Balaban J connectivity index is 1.26. The summed E-state index contributed by atoms with van der Waals surface area (Å²) in [5.41, 5.74) is 2.22. The van der Waals surface area contributed by atoms with E-state index in [-0.39, 0.29) is 0 Å². The van der Waals surface area contributed by atoms with Crippen LogP contribution in [0, 0.1) is 17.3 Å². The molecule has 3 saturated carbocycles. The number of quaternary nitrogens is 1. The second-order valence-electron chi connectivity index (χ2n) is 8.04. The average molecular weight is 286 g/mol. The molecule has 0 saturated heterocycles. The molecule has 5 atom stereocenters. The summed E-state index contributed by atoms with van der Waals surface area (Å²) in [7, 11) is 6.80. The zero-order valence-corrected chi connectivity index (χ0v) is 13.6. The zero-order chi connectivity index (χ0) is 14.7. The fraction of sp³-hybridized carbons (Fsp3) is 0.684. The third-order valence-electron chi connectivity index (χ3n) is 6.57. The third-order valence-corrected chi connectivity index (χ3v) is 6.57. The highest BCUT2D eigenvalue weighted by molar-refractivity contribution is 5.39. The quantitative estimate of drug-likeness (QED) is 0.553. The maximum absolute atomic E-state index is 5.69. The van der Waals surface area contributed by atoms with Crippen LogP contribution in [0.15, 0.2) is 30.3 Å². The molecule has 0 amide bonds. The van der Waals surface area contributed by atoms with E-state index in [1.165, 1.54) is 42.3 Å². The first-order valence-corrected chi connectivity index (χ1v) is 8.50. The Bertz CT molecular complexity index is 526. The van der Waals surface area contributed by atoms with Gasteiger partial charge in [0.15, 0.2) is 0 Å². The van der Waals surface area contributed by atoms with Crippen molar-refractivity contribution in [2.24, 2.45) is 17.3 Å². The van der Waals surface area contributed by atoms with Crippen molar-refractivity contribution in [3.05, 3.63) is 35.9 Å². The fourth-order valence-corrected chi connectivity index (χ4v) is 5.58. The van der Waals surface area contributed by atoms with Crippen molar-refractivity contribution in [3.63, 3.8) is 0 Å². The van der Waals surface area contributed by atoms with Gasteiger partial charge in [-0.2, -0.15) is 0 Å². The number of aryl methyl sites for hydroxylation is 1. The Labute approximate surface area is 128 Å². The lowest BCUT2D eigenvalue weighted by Gasteiger charge is -2.31. The molecule has 2 heteroatoms. The van der Waals surface area contributed by atoms with Gasteiger partial charge < -0.3 is 9.22 Å². The van der Waals surface area contributed by atoms with E-state index in [1.807, 2.05) is 7.11 Å². The molecule has 21 heavy (non-hydrogen) atoms. The second-order valence-corrected chi connectivity index (χ2v) is 8.04. The van der Waals surface area contributed by atoms with Crippen LogP contribution < -0.4 is 0 Å². The van der Waals surface area contributed by atoms with Gasteiger partial charge in [0.1, 0.15) is 6.04 Å². The van der Waals surface area contributed by atoms with E-state index in [1.54, 1.807) is 0 Å². The number of rotatable bonds is 7. The molecule has 0 N–H and O–H groups in total. The molecule has 1 aromatic rings. The van der Waals surface area contributed by atoms with Gasteiger partial charge in [-0.3, -0.25) is 0 Å². The summed E-state index contributed by atoms with van der Waals surface area (Å²) in [6, 6.07) is 11.8. The van der Waals surface area contributed by atoms with Crippen LogP contribution in [0.5, 0.6) is 0 Å². The summed E-state index contributed by atoms with van der Waals surface area (Å²) in [4.78, 5) is 0. The molecular weight excluding hydrogens is 258 g/mol. The molecule has 114 valence electrons. The number of unbranched alkanes of at least 4 members (excludes halogenated alkanes) is 1. The monoisotopic (exact) mass is 286 g/mol. The van der Waals surface area contributed by atoms with Crippen LogP contribution in [0.2, 0.25) is 0 Å². The van der Waals surface area contributed by atoms with Crippen LogP contribution >= 0.6 is 0 Å². The summed E-state index contributed by atoms with van der Waals surface area (Å²) in [6.07, 6.45) is 5.92. The molecule has 0 bridgehead atoms. The van der Waals surface area contributed by atoms with Gasteiger partial charge in [0.2, 0.25) is 0 Å². The maximum Gasteiger partial charge on any atom is 0.101 e. The highest BCUT2D eigenvalue weighted by atomic mass is 16.5. The summed E-state index contributed by atoms with van der Waals surface area (Å²) < 4.78 is 6.91. The van der Waals surface area contributed by atoms with Crippen LogP contribution in [0.25, 0.3) is 0 Å². The Morgan fingerprint density at radius 1 is 1.19 bits per heavy atom. The lowest BCUT2D eigenvalue weighted by atomic mass is 9.96. The topological polar surface area (TPSA) is 9.23 Å². The molecule has 5 unspecified atom stereocenters. The Morgan fingerprint density at radius 3 is 2.62 bits per heavy atom. The van der Waals surface area contributed by atoms with E-state index in [9.17, 15) is 0 Å². The molecule has 2 nitrogen and oxygen atoms in total. The highest BCUT2D eigenvalue weighted by Gasteiger charge is 2.95. The van der Waals surface area contributed by atoms with Crippen LogP contribution in [0.3, 0.4) is 0 Å². The summed E-state index contributed by atoms with van der Waals surface area (Å²) in [6.45, 7) is 1.32. The van der Waals surface area contributed by atoms with Gasteiger partial charge in [-0.25, -0.2) is 0 Å². The molecule has 3 aliphatic rings. The molecule has 3 aliphatic carbocycles. The van der Waals surface area contributed by atoms with Crippen molar-refractivity contribution in [3.8, 4) is 0 Å². The SMILES string of the molecule is COC1C2CC23C1C3[N+](C)(C)CCCCc1ccccc1. The zero-order valence-electron chi connectivity index (χ0n) is 13.6. The molecule has 0 aromatic heterocycles. The highest BCUT2D eigenvalue weighted by Crippen LogP contribution is 2.88.